The standard InChI is InChI=1S/C76H46N4S2/c1-3-15-47(16-4-1)63-43-65(49-33-29-45(30-34-49)53-23-13-27-69-73(53)59-21-9-11-25-67(59)81-69)79-75(77-63)51-37-39-57-61(41-51)71-55-19-7-8-20-56(55)72(57)62-42-52(38-40-58(62)71)76-78-64(48-17-5-2-6-18-48)44-66(80-76)50-35-31-46(32-36-50)54-24-14-28-70-74(54)60-22-10-12-26-68(60)82-70/h1-44,71-72H. The van der Waals surface area contributed by atoms with Gasteiger partial charge in [0, 0.05) is 85.6 Å². The van der Waals surface area contributed by atoms with Gasteiger partial charge >= 0.3 is 0 Å². The van der Waals surface area contributed by atoms with Gasteiger partial charge < -0.3 is 0 Å². The summed E-state index contributed by atoms with van der Waals surface area (Å²) in [4.78, 5) is 21.5. The maximum absolute atomic E-state index is 5.40. The van der Waals surface area contributed by atoms with Crippen LogP contribution in [0.1, 0.15) is 45.2 Å². The quantitative estimate of drug-likeness (QED) is 0.152. The van der Waals surface area contributed by atoms with Crippen molar-refractivity contribution in [3.63, 3.8) is 0 Å². The summed E-state index contributed by atoms with van der Waals surface area (Å²) in [6.07, 6.45) is 0. The first-order valence-corrected chi connectivity index (χ1v) is 29.5. The van der Waals surface area contributed by atoms with Gasteiger partial charge in [0.05, 0.1) is 22.8 Å². The van der Waals surface area contributed by atoms with Crippen LogP contribution in [0.3, 0.4) is 0 Å². The highest BCUT2D eigenvalue weighted by Crippen LogP contribution is 2.57. The predicted molar refractivity (Wildman–Crippen MR) is 342 cm³/mol. The predicted octanol–water partition coefficient (Wildman–Crippen LogP) is 20.3. The molecule has 0 saturated carbocycles. The molecular weight excluding hydrogens is 1030 g/mol. The molecule has 3 aliphatic rings. The van der Waals surface area contributed by atoms with Crippen molar-refractivity contribution in [3.05, 3.63) is 300 Å². The molecule has 4 aromatic heterocycles. The van der Waals surface area contributed by atoms with E-state index in [2.05, 4.69) is 267 Å². The SMILES string of the molecule is c1ccc(-c2cc(-c3ccc(-c4cccc5sc6ccccc6c45)cc3)nc(-c3ccc4c(c3)C3c5ccccc5C4c4cc(-c5nc(-c6ccccc6)cc(-c6ccc(-c7cccc8sc9ccccc9c78)cc6)n5)ccc43)n2)cc1. The highest BCUT2D eigenvalue weighted by molar-refractivity contribution is 7.26. The third-order valence-corrected chi connectivity index (χ3v) is 19.2. The van der Waals surface area contributed by atoms with Gasteiger partial charge in [-0.05, 0) is 104 Å². The van der Waals surface area contributed by atoms with Crippen LogP contribution in [0.5, 0.6) is 0 Å². The molecule has 2 atom stereocenters. The molecule has 0 amide bonds. The Hall–Kier alpha value is -9.98. The Balaban J connectivity index is 0.743. The molecule has 0 N–H and O–H groups in total. The molecule has 0 aliphatic heterocycles. The van der Waals surface area contributed by atoms with E-state index in [1.54, 1.807) is 0 Å². The van der Waals surface area contributed by atoms with Crippen molar-refractivity contribution in [3.8, 4) is 90.1 Å². The van der Waals surface area contributed by atoms with Crippen molar-refractivity contribution >= 4 is 63.0 Å². The highest BCUT2D eigenvalue weighted by atomic mass is 32.1. The summed E-state index contributed by atoms with van der Waals surface area (Å²) in [5.74, 6) is 1.46. The molecule has 0 spiro atoms. The summed E-state index contributed by atoms with van der Waals surface area (Å²) in [5, 5.41) is 5.22. The molecule has 2 bridgehead atoms. The molecular formula is C76H46N4S2. The number of hydrogen-bond acceptors (Lipinski definition) is 6. The van der Waals surface area contributed by atoms with E-state index in [9.17, 15) is 0 Å². The van der Waals surface area contributed by atoms with Gasteiger partial charge in [-0.2, -0.15) is 0 Å². The van der Waals surface area contributed by atoms with E-state index < -0.39 is 0 Å². The lowest BCUT2D eigenvalue weighted by molar-refractivity contribution is 0.754. The van der Waals surface area contributed by atoms with Crippen LogP contribution in [0.4, 0.5) is 0 Å². The van der Waals surface area contributed by atoms with Gasteiger partial charge in [0.2, 0.25) is 0 Å². The third-order valence-electron chi connectivity index (χ3n) is 16.9. The lowest BCUT2D eigenvalue weighted by atomic mass is 9.61. The third kappa shape index (κ3) is 7.63. The minimum atomic E-state index is 0.0258. The Morgan fingerprint density at radius 1 is 0.232 bits per heavy atom. The lowest BCUT2D eigenvalue weighted by Gasteiger charge is -2.42. The summed E-state index contributed by atoms with van der Waals surface area (Å²) in [7, 11) is 0. The molecule has 0 fully saturated rings. The summed E-state index contributed by atoms with van der Waals surface area (Å²) in [6.45, 7) is 0. The summed E-state index contributed by atoms with van der Waals surface area (Å²) in [5.41, 5.74) is 22.5. The van der Waals surface area contributed by atoms with E-state index in [0.29, 0.717) is 11.6 Å². The van der Waals surface area contributed by atoms with E-state index in [1.165, 1.54) is 96.0 Å². The zero-order valence-corrected chi connectivity index (χ0v) is 45.8. The molecule has 2 unspecified atom stereocenters. The van der Waals surface area contributed by atoms with Crippen LogP contribution in [0.25, 0.3) is 130 Å². The maximum atomic E-state index is 5.40. The normalized spacial score (nSPS) is 14.1. The van der Waals surface area contributed by atoms with Gasteiger partial charge in [0.1, 0.15) is 0 Å². The van der Waals surface area contributed by atoms with E-state index >= 15 is 0 Å². The topological polar surface area (TPSA) is 51.6 Å². The van der Waals surface area contributed by atoms with Crippen molar-refractivity contribution in [1.82, 2.24) is 19.9 Å². The van der Waals surface area contributed by atoms with E-state index in [4.69, 9.17) is 19.9 Å². The second kappa shape index (κ2) is 18.8. The van der Waals surface area contributed by atoms with Crippen LogP contribution in [-0.2, 0) is 0 Å². The van der Waals surface area contributed by atoms with Gasteiger partial charge in [-0.25, -0.2) is 19.9 Å². The molecule has 4 heterocycles. The van der Waals surface area contributed by atoms with Crippen molar-refractivity contribution in [1.29, 1.82) is 0 Å². The summed E-state index contributed by atoms with van der Waals surface area (Å²) in [6, 6.07) is 96.7. The van der Waals surface area contributed by atoms with Crippen molar-refractivity contribution in [2.24, 2.45) is 0 Å². The molecule has 15 aromatic rings. The molecule has 0 saturated heterocycles. The van der Waals surface area contributed by atoms with Crippen molar-refractivity contribution in [2.75, 3.05) is 0 Å². The number of hydrogen-bond donors (Lipinski definition) is 0. The smallest absolute Gasteiger partial charge is 0.160 e. The molecule has 11 aromatic carbocycles. The van der Waals surface area contributed by atoms with Crippen LogP contribution in [-0.4, -0.2) is 19.9 Å². The largest absolute Gasteiger partial charge is 0.228 e. The van der Waals surface area contributed by atoms with Gasteiger partial charge in [-0.3, -0.25) is 0 Å². The zero-order valence-electron chi connectivity index (χ0n) is 44.2. The Morgan fingerprint density at radius 2 is 0.561 bits per heavy atom. The Labute approximate surface area is 482 Å². The highest BCUT2D eigenvalue weighted by Gasteiger charge is 2.41. The lowest BCUT2D eigenvalue weighted by Crippen LogP contribution is -2.27. The maximum Gasteiger partial charge on any atom is 0.160 e. The average molecular weight is 1080 g/mol. The fourth-order valence-corrected chi connectivity index (χ4v) is 15.4. The van der Waals surface area contributed by atoms with Gasteiger partial charge in [0.25, 0.3) is 0 Å². The molecule has 0 radical (unpaired) electrons. The zero-order chi connectivity index (χ0) is 53.8. The Morgan fingerprint density at radius 3 is 0.988 bits per heavy atom. The molecule has 18 rings (SSSR count). The molecule has 3 aliphatic carbocycles. The van der Waals surface area contributed by atoms with Crippen molar-refractivity contribution < 1.29 is 0 Å². The van der Waals surface area contributed by atoms with Crippen LogP contribution in [0.15, 0.2) is 267 Å². The molecule has 382 valence electrons. The van der Waals surface area contributed by atoms with Crippen molar-refractivity contribution in [2.45, 2.75) is 11.8 Å². The Bertz CT molecular complexity index is 4720. The Kier molecular flexibility index (Phi) is 10.8. The number of nitrogens with zero attached hydrogens (tertiary/aromatic N) is 4. The minimum absolute atomic E-state index is 0.0258. The van der Waals surface area contributed by atoms with Crippen LogP contribution in [0, 0.1) is 0 Å². The van der Waals surface area contributed by atoms with E-state index in [-0.39, 0.29) is 11.8 Å². The number of rotatable bonds is 8. The second-order valence-electron chi connectivity index (χ2n) is 21.5. The van der Waals surface area contributed by atoms with Crippen LogP contribution < -0.4 is 0 Å². The van der Waals surface area contributed by atoms with Crippen LogP contribution >= 0.6 is 22.7 Å². The monoisotopic (exact) mass is 1080 g/mol. The van der Waals surface area contributed by atoms with Gasteiger partial charge in [0.15, 0.2) is 11.6 Å². The van der Waals surface area contributed by atoms with Gasteiger partial charge in [-0.15, -0.1) is 22.7 Å². The first-order valence-electron chi connectivity index (χ1n) is 27.9. The fourth-order valence-electron chi connectivity index (χ4n) is 13.1. The summed E-state index contributed by atoms with van der Waals surface area (Å²) < 4.78 is 5.22. The first-order chi connectivity index (χ1) is 40.6. The summed E-state index contributed by atoms with van der Waals surface area (Å²) >= 11 is 3.71. The number of fused-ring (bicyclic) bond motifs is 6. The number of benzene rings is 11. The minimum Gasteiger partial charge on any atom is -0.228 e. The first kappa shape index (κ1) is 46.9. The number of aromatic nitrogens is 4. The van der Waals surface area contributed by atoms with E-state index in [0.717, 1.165) is 56.2 Å². The average Bonchev–Trinajstić information content (AvgIpc) is 3.58. The molecule has 82 heavy (non-hydrogen) atoms. The van der Waals surface area contributed by atoms with Gasteiger partial charge in [-0.1, -0.05) is 218 Å². The molecule has 4 nitrogen and oxygen atoms in total. The number of thiophene rings is 2. The van der Waals surface area contributed by atoms with E-state index in [1.807, 2.05) is 22.7 Å². The van der Waals surface area contributed by atoms with Crippen LogP contribution in [0.2, 0.25) is 0 Å². The fraction of sp³-hybridized carbons (Fsp3) is 0.0263. The molecule has 6 heteroatoms. The second-order valence-corrected chi connectivity index (χ2v) is 23.7.